The topological polar surface area (TPSA) is 132 Å². The first-order valence-electron chi connectivity index (χ1n) is 7.67. The minimum Gasteiger partial charge on any atom is -0.465 e. The molecular formula is C16H15N5O4. The molecule has 1 saturated heterocycles. The van der Waals surface area contributed by atoms with Gasteiger partial charge in [0.2, 0.25) is 5.89 Å². The number of hydrogen-bond donors (Lipinski definition) is 2. The molecule has 0 saturated carbocycles. The average molecular weight is 341 g/mol. The van der Waals surface area contributed by atoms with Gasteiger partial charge in [0.25, 0.3) is 0 Å². The number of benzene rings is 1. The molecule has 1 aromatic heterocycles. The van der Waals surface area contributed by atoms with Gasteiger partial charge in [-0.05, 0) is 30.5 Å². The van der Waals surface area contributed by atoms with Crippen LogP contribution in [0.4, 0.5) is 4.79 Å². The van der Waals surface area contributed by atoms with Crippen molar-refractivity contribution in [1.82, 2.24) is 20.4 Å². The molecule has 25 heavy (non-hydrogen) atoms. The lowest BCUT2D eigenvalue weighted by atomic mass is 10.1. The van der Waals surface area contributed by atoms with Gasteiger partial charge in [-0.2, -0.15) is 5.26 Å². The number of amides is 2. The van der Waals surface area contributed by atoms with Crippen LogP contribution in [0, 0.1) is 17.2 Å². The zero-order chi connectivity index (χ0) is 17.8. The van der Waals surface area contributed by atoms with E-state index in [-0.39, 0.29) is 17.7 Å². The number of aromatic nitrogens is 2. The number of nitrogens with zero attached hydrogens (tertiary/aromatic N) is 4. The van der Waals surface area contributed by atoms with E-state index >= 15 is 0 Å². The van der Waals surface area contributed by atoms with Crippen LogP contribution in [0.25, 0.3) is 11.5 Å². The quantitative estimate of drug-likeness (QED) is 0.857. The van der Waals surface area contributed by atoms with Crippen LogP contribution < -0.4 is 5.32 Å². The van der Waals surface area contributed by atoms with Crippen LogP contribution in [0.2, 0.25) is 0 Å². The third-order valence-corrected chi connectivity index (χ3v) is 3.97. The Morgan fingerprint density at radius 1 is 1.44 bits per heavy atom. The van der Waals surface area contributed by atoms with Crippen molar-refractivity contribution >= 4 is 12.0 Å². The number of carbonyl (C=O) groups excluding carboxylic acids is 1. The summed E-state index contributed by atoms with van der Waals surface area (Å²) in [6, 6.07) is 8.64. The molecule has 2 amide bonds. The van der Waals surface area contributed by atoms with Crippen LogP contribution >= 0.6 is 0 Å². The highest BCUT2D eigenvalue weighted by Crippen LogP contribution is 2.19. The van der Waals surface area contributed by atoms with E-state index < -0.39 is 12.0 Å². The van der Waals surface area contributed by atoms with Gasteiger partial charge in [0.15, 0.2) is 0 Å². The Balaban J connectivity index is 1.59. The fraction of sp³-hybridized carbons (Fsp3) is 0.312. The Kier molecular flexibility index (Phi) is 4.61. The third kappa shape index (κ3) is 3.74. The van der Waals surface area contributed by atoms with Crippen molar-refractivity contribution in [2.75, 3.05) is 19.6 Å². The molecule has 2 N–H and O–H groups in total. The van der Waals surface area contributed by atoms with E-state index in [2.05, 4.69) is 15.5 Å². The molecule has 0 aliphatic carbocycles. The van der Waals surface area contributed by atoms with Crippen molar-refractivity contribution in [2.45, 2.75) is 6.42 Å². The van der Waals surface area contributed by atoms with Crippen molar-refractivity contribution in [3.05, 3.63) is 35.7 Å². The molecule has 128 valence electrons. The Labute approximate surface area is 142 Å². The fourth-order valence-corrected chi connectivity index (χ4v) is 2.64. The third-order valence-electron chi connectivity index (χ3n) is 3.97. The van der Waals surface area contributed by atoms with Gasteiger partial charge in [0, 0.05) is 25.2 Å². The summed E-state index contributed by atoms with van der Waals surface area (Å²) in [5, 5.41) is 28.1. The number of carboxylic acid groups (broad SMARTS) is 1. The second-order valence-corrected chi connectivity index (χ2v) is 5.70. The first-order valence-corrected chi connectivity index (χ1v) is 7.67. The second-order valence-electron chi connectivity index (χ2n) is 5.70. The average Bonchev–Trinajstić information content (AvgIpc) is 3.29. The van der Waals surface area contributed by atoms with E-state index in [1.807, 2.05) is 6.07 Å². The first-order chi connectivity index (χ1) is 12.1. The van der Waals surface area contributed by atoms with Crippen LogP contribution in [-0.2, 0) is 0 Å². The summed E-state index contributed by atoms with van der Waals surface area (Å²) in [5.41, 5.74) is 1.00. The van der Waals surface area contributed by atoms with Gasteiger partial charge in [-0.3, -0.25) is 4.79 Å². The second kappa shape index (κ2) is 7.00. The van der Waals surface area contributed by atoms with Crippen LogP contribution in [0.1, 0.15) is 22.7 Å². The van der Waals surface area contributed by atoms with Crippen LogP contribution in [0.15, 0.2) is 28.7 Å². The largest absolute Gasteiger partial charge is 0.465 e. The molecule has 2 heterocycles. The van der Waals surface area contributed by atoms with Crippen molar-refractivity contribution in [3.63, 3.8) is 0 Å². The van der Waals surface area contributed by atoms with E-state index in [9.17, 15) is 9.59 Å². The molecule has 1 atom stereocenters. The van der Waals surface area contributed by atoms with E-state index in [1.165, 1.54) is 4.90 Å². The molecule has 9 nitrogen and oxygen atoms in total. The van der Waals surface area contributed by atoms with Gasteiger partial charge in [-0.25, -0.2) is 4.79 Å². The highest BCUT2D eigenvalue weighted by atomic mass is 16.4. The lowest BCUT2D eigenvalue weighted by molar-refractivity contribution is 0.0913. The Morgan fingerprint density at radius 2 is 2.28 bits per heavy atom. The van der Waals surface area contributed by atoms with Gasteiger partial charge in [-0.15, -0.1) is 10.2 Å². The van der Waals surface area contributed by atoms with Crippen LogP contribution in [0.3, 0.4) is 0 Å². The Bertz CT molecular complexity index is 841. The molecule has 0 spiro atoms. The smallest absolute Gasteiger partial charge is 0.407 e. The van der Waals surface area contributed by atoms with Crippen molar-refractivity contribution in [3.8, 4) is 17.5 Å². The number of carbonyl (C=O) groups is 2. The predicted octanol–water partition coefficient (Wildman–Crippen LogP) is 1.34. The molecule has 1 aliphatic heterocycles. The highest BCUT2D eigenvalue weighted by Gasteiger charge is 2.26. The summed E-state index contributed by atoms with van der Waals surface area (Å²) < 4.78 is 5.36. The molecule has 1 aliphatic rings. The van der Waals surface area contributed by atoms with Crippen molar-refractivity contribution in [1.29, 1.82) is 5.26 Å². The van der Waals surface area contributed by atoms with Crippen LogP contribution in [-0.4, -0.2) is 51.8 Å². The fourth-order valence-electron chi connectivity index (χ4n) is 2.64. The molecular weight excluding hydrogens is 326 g/mol. The number of rotatable bonds is 4. The van der Waals surface area contributed by atoms with Gasteiger partial charge in [0.05, 0.1) is 11.6 Å². The maximum atomic E-state index is 12.1. The van der Waals surface area contributed by atoms with E-state index in [4.69, 9.17) is 14.8 Å². The highest BCUT2D eigenvalue weighted by molar-refractivity contribution is 5.89. The standard InChI is InChI=1S/C16H15N5O4/c17-7-10-2-1-3-12(6-10)14-19-20-15(25-14)13(22)18-8-11-4-5-21(9-11)16(23)24/h1-3,6,11H,4-5,8-9H2,(H,18,22)(H,23,24). The summed E-state index contributed by atoms with van der Waals surface area (Å²) >= 11 is 0. The molecule has 0 radical (unpaired) electrons. The van der Waals surface area contributed by atoms with Gasteiger partial charge >= 0.3 is 17.9 Å². The number of nitriles is 1. The Hall–Kier alpha value is -3.41. The number of nitrogens with one attached hydrogen (secondary N) is 1. The molecule has 2 aromatic rings. The van der Waals surface area contributed by atoms with Crippen molar-refractivity contribution < 1.29 is 19.1 Å². The normalized spacial score (nSPS) is 16.4. The molecule has 0 bridgehead atoms. The summed E-state index contributed by atoms with van der Waals surface area (Å²) in [5.74, 6) is -0.468. The van der Waals surface area contributed by atoms with Crippen molar-refractivity contribution in [2.24, 2.45) is 5.92 Å². The zero-order valence-electron chi connectivity index (χ0n) is 13.2. The molecule has 9 heteroatoms. The number of likely N-dealkylation sites (tertiary alicyclic amines) is 1. The maximum absolute atomic E-state index is 12.1. The lowest BCUT2D eigenvalue weighted by Gasteiger charge is -2.12. The molecule has 1 unspecified atom stereocenters. The van der Waals surface area contributed by atoms with Crippen LogP contribution in [0.5, 0.6) is 0 Å². The lowest BCUT2D eigenvalue weighted by Crippen LogP contribution is -2.32. The van der Waals surface area contributed by atoms with E-state index in [0.29, 0.717) is 37.2 Å². The molecule has 1 aromatic carbocycles. The summed E-state index contributed by atoms with van der Waals surface area (Å²) in [6.07, 6.45) is -0.252. The predicted molar refractivity (Wildman–Crippen MR) is 84.5 cm³/mol. The van der Waals surface area contributed by atoms with Gasteiger partial charge < -0.3 is 19.7 Å². The molecule has 1 fully saturated rings. The SMILES string of the molecule is N#Cc1cccc(-c2nnc(C(=O)NCC3CCN(C(=O)O)C3)o2)c1. The minimum absolute atomic E-state index is 0.0646. The summed E-state index contributed by atoms with van der Waals surface area (Å²) in [7, 11) is 0. The maximum Gasteiger partial charge on any atom is 0.407 e. The van der Waals surface area contributed by atoms with Gasteiger partial charge in [0.1, 0.15) is 0 Å². The summed E-state index contributed by atoms with van der Waals surface area (Å²) in [6.45, 7) is 1.20. The van der Waals surface area contributed by atoms with E-state index in [1.54, 1.807) is 24.3 Å². The summed E-state index contributed by atoms with van der Waals surface area (Å²) in [4.78, 5) is 24.3. The van der Waals surface area contributed by atoms with E-state index in [0.717, 1.165) is 0 Å². The first kappa shape index (κ1) is 16.4. The monoisotopic (exact) mass is 341 g/mol. The number of hydrogen-bond acceptors (Lipinski definition) is 6. The molecule has 3 rings (SSSR count). The minimum atomic E-state index is -0.949. The van der Waals surface area contributed by atoms with Gasteiger partial charge in [-0.1, -0.05) is 6.07 Å². The zero-order valence-corrected chi connectivity index (χ0v) is 13.2. The Morgan fingerprint density at radius 3 is 3.00 bits per heavy atom.